The maximum Gasteiger partial charge on any atom is 0.325 e. The molecule has 0 bridgehead atoms. The fourth-order valence-electron chi connectivity index (χ4n) is 2.41. The Morgan fingerprint density at radius 1 is 1.28 bits per heavy atom. The van der Waals surface area contributed by atoms with Gasteiger partial charge >= 0.3 is 6.03 Å². The Kier molecular flexibility index (Phi) is 3.59. The standard InChI is InChI=1S/C12H21N3O3/c1-12(2)10(17)15(11(18)13-12)8-7-14-5-3-9(16)4-6-14/h9,16H,3-8H2,1-2H3,(H,13,18). The number of rotatable bonds is 3. The van der Waals surface area contributed by atoms with Crippen molar-refractivity contribution in [3.8, 4) is 0 Å². The highest BCUT2D eigenvalue weighted by atomic mass is 16.3. The van der Waals surface area contributed by atoms with E-state index in [0.717, 1.165) is 25.9 Å². The van der Waals surface area contributed by atoms with Crippen LogP contribution in [-0.4, -0.2) is 64.7 Å². The number of carbonyl (C=O) groups excluding carboxylic acids is 2. The van der Waals surface area contributed by atoms with Crippen LogP contribution in [0.1, 0.15) is 26.7 Å². The molecule has 2 aliphatic rings. The summed E-state index contributed by atoms with van der Waals surface area (Å²) in [5.74, 6) is -0.162. The molecular weight excluding hydrogens is 234 g/mol. The van der Waals surface area contributed by atoms with Gasteiger partial charge in [-0.05, 0) is 26.7 Å². The summed E-state index contributed by atoms with van der Waals surface area (Å²) in [5, 5.41) is 12.1. The van der Waals surface area contributed by atoms with Gasteiger partial charge in [0.25, 0.3) is 5.91 Å². The van der Waals surface area contributed by atoms with E-state index in [-0.39, 0.29) is 18.0 Å². The van der Waals surface area contributed by atoms with Gasteiger partial charge in [0.15, 0.2) is 0 Å². The largest absolute Gasteiger partial charge is 0.393 e. The van der Waals surface area contributed by atoms with Crippen molar-refractivity contribution in [3.63, 3.8) is 0 Å². The molecule has 0 aromatic carbocycles. The predicted molar refractivity (Wildman–Crippen MR) is 66.0 cm³/mol. The SMILES string of the molecule is CC1(C)NC(=O)N(CCN2CCC(O)CC2)C1=O. The molecule has 2 N–H and O–H groups in total. The maximum absolute atomic E-state index is 11.9. The number of nitrogens with zero attached hydrogens (tertiary/aromatic N) is 2. The van der Waals surface area contributed by atoms with Gasteiger partial charge in [0.05, 0.1) is 6.10 Å². The Hall–Kier alpha value is -1.14. The first kappa shape index (κ1) is 13.3. The van der Waals surface area contributed by atoms with Crippen LogP contribution < -0.4 is 5.32 Å². The van der Waals surface area contributed by atoms with E-state index >= 15 is 0 Å². The van der Waals surface area contributed by atoms with Gasteiger partial charge in [-0.25, -0.2) is 4.79 Å². The fourth-order valence-corrected chi connectivity index (χ4v) is 2.41. The molecule has 2 fully saturated rings. The van der Waals surface area contributed by atoms with Crippen LogP contribution in [-0.2, 0) is 4.79 Å². The van der Waals surface area contributed by atoms with E-state index in [2.05, 4.69) is 10.2 Å². The lowest BCUT2D eigenvalue weighted by Gasteiger charge is -2.30. The van der Waals surface area contributed by atoms with Gasteiger partial charge in [0.1, 0.15) is 5.54 Å². The molecule has 0 unspecified atom stereocenters. The van der Waals surface area contributed by atoms with Crippen LogP contribution in [0.15, 0.2) is 0 Å². The summed E-state index contributed by atoms with van der Waals surface area (Å²) in [6, 6.07) is -0.304. The zero-order valence-corrected chi connectivity index (χ0v) is 11.0. The molecule has 0 atom stereocenters. The Bertz CT molecular complexity index is 348. The lowest BCUT2D eigenvalue weighted by molar-refractivity contribution is -0.130. The van der Waals surface area contributed by atoms with Gasteiger partial charge < -0.3 is 15.3 Å². The molecule has 0 aliphatic carbocycles. The van der Waals surface area contributed by atoms with Gasteiger partial charge in [-0.3, -0.25) is 9.69 Å². The van der Waals surface area contributed by atoms with Crippen molar-refractivity contribution in [1.82, 2.24) is 15.1 Å². The molecule has 6 nitrogen and oxygen atoms in total. The van der Waals surface area contributed by atoms with Gasteiger partial charge in [0.2, 0.25) is 0 Å². The number of hydrogen-bond acceptors (Lipinski definition) is 4. The zero-order valence-electron chi connectivity index (χ0n) is 11.0. The quantitative estimate of drug-likeness (QED) is 0.684. The minimum absolute atomic E-state index is 0.162. The first-order valence-electron chi connectivity index (χ1n) is 6.45. The molecule has 2 aliphatic heterocycles. The summed E-state index contributed by atoms with van der Waals surface area (Å²) in [6.45, 7) is 6.18. The van der Waals surface area contributed by atoms with Gasteiger partial charge in [-0.2, -0.15) is 0 Å². The van der Waals surface area contributed by atoms with E-state index in [1.54, 1.807) is 13.8 Å². The summed E-state index contributed by atoms with van der Waals surface area (Å²) < 4.78 is 0. The van der Waals surface area contributed by atoms with Crippen LogP contribution in [0, 0.1) is 0 Å². The number of piperidine rings is 1. The molecule has 3 amide bonds. The third kappa shape index (κ3) is 2.64. The van der Waals surface area contributed by atoms with Crippen LogP contribution in [0.4, 0.5) is 4.79 Å². The summed E-state index contributed by atoms with van der Waals surface area (Å²) >= 11 is 0. The third-order valence-corrected chi connectivity index (χ3v) is 3.64. The van der Waals surface area contributed by atoms with Gasteiger partial charge in [0, 0.05) is 26.2 Å². The predicted octanol–water partition coefficient (Wildman–Crippen LogP) is -0.226. The number of likely N-dealkylation sites (tertiary alicyclic amines) is 1. The topological polar surface area (TPSA) is 72.9 Å². The Morgan fingerprint density at radius 2 is 1.89 bits per heavy atom. The second-order valence-electron chi connectivity index (χ2n) is 5.58. The number of aliphatic hydroxyl groups excluding tert-OH is 1. The Balaban J connectivity index is 1.84. The molecule has 0 spiro atoms. The monoisotopic (exact) mass is 255 g/mol. The second-order valence-corrected chi connectivity index (χ2v) is 5.58. The van der Waals surface area contributed by atoms with Crippen molar-refractivity contribution in [2.24, 2.45) is 0 Å². The van der Waals surface area contributed by atoms with E-state index in [9.17, 15) is 14.7 Å². The van der Waals surface area contributed by atoms with Crippen molar-refractivity contribution in [3.05, 3.63) is 0 Å². The van der Waals surface area contributed by atoms with Crippen LogP contribution >= 0.6 is 0 Å². The number of carbonyl (C=O) groups is 2. The van der Waals surface area contributed by atoms with E-state index in [4.69, 9.17) is 0 Å². The molecule has 102 valence electrons. The maximum atomic E-state index is 11.9. The van der Waals surface area contributed by atoms with Crippen LogP contribution in [0.5, 0.6) is 0 Å². The lowest BCUT2D eigenvalue weighted by atomic mass is 10.1. The summed E-state index contributed by atoms with van der Waals surface area (Å²) in [6.07, 6.45) is 1.34. The highest BCUT2D eigenvalue weighted by Gasteiger charge is 2.43. The molecule has 0 saturated carbocycles. The number of hydrogen-bond donors (Lipinski definition) is 2. The van der Waals surface area contributed by atoms with Crippen molar-refractivity contribution in [2.45, 2.75) is 38.3 Å². The molecule has 0 radical (unpaired) electrons. The smallest absolute Gasteiger partial charge is 0.325 e. The first-order chi connectivity index (χ1) is 8.40. The van der Waals surface area contributed by atoms with E-state index in [1.807, 2.05) is 0 Å². The zero-order chi connectivity index (χ0) is 13.3. The number of imide groups is 1. The van der Waals surface area contributed by atoms with Crippen LogP contribution in [0.2, 0.25) is 0 Å². The molecule has 2 rings (SSSR count). The molecule has 0 aromatic rings. The minimum atomic E-state index is -0.783. The molecule has 2 heterocycles. The van der Waals surface area contributed by atoms with Gasteiger partial charge in [-0.1, -0.05) is 0 Å². The average molecular weight is 255 g/mol. The van der Waals surface area contributed by atoms with Crippen LogP contribution in [0.3, 0.4) is 0 Å². The van der Waals surface area contributed by atoms with E-state index < -0.39 is 5.54 Å². The number of nitrogens with one attached hydrogen (secondary N) is 1. The van der Waals surface area contributed by atoms with E-state index in [0.29, 0.717) is 13.1 Å². The summed E-state index contributed by atoms with van der Waals surface area (Å²) in [5.41, 5.74) is -0.783. The first-order valence-corrected chi connectivity index (χ1v) is 6.45. The van der Waals surface area contributed by atoms with Crippen molar-refractivity contribution >= 4 is 11.9 Å². The Labute approximate surface area is 107 Å². The second kappa shape index (κ2) is 4.85. The number of urea groups is 1. The van der Waals surface area contributed by atoms with E-state index in [1.165, 1.54) is 4.90 Å². The van der Waals surface area contributed by atoms with Gasteiger partial charge in [-0.15, -0.1) is 0 Å². The fraction of sp³-hybridized carbons (Fsp3) is 0.833. The highest BCUT2D eigenvalue weighted by molar-refractivity contribution is 6.06. The van der Waals surface area contributed by atoms with Crippen molar-refractivity contribution in [1.29, 1.82) is 0 Å². The minimum Gasteiger partial charge on any atom is -0.393 e. The van der Waals surface area contributed by atoms with Crippen molar-refractivity contribution in [2.75, 3.05) is 26.2 Å². The lowest BCUT2D eigenvalue weighted by Crippen LogP contribution is -2.43. The summed E-state index contributed by atoms with van der Waals surface area (Å²) in [4.78, 5) is 27.1. The number of amides is 3. The number of aliphatic hydroxyl groups is 1. The normalized spacial score (nSPS) is 25.6. The average Bonchev–Trinajstić information content (AvgIpc) is 2.49. The Morgan fingerprint density at radius 3 is 2.39 bits per heavy atom. The third-order valence-electron chi connectivity index (χ3n) is 3.64. The molecular formula is C12H21N3O3. The molecule has 6 heteroatoms. The molecule has 2 saturated heterocycles. The highest BCUT2D eigenvalue weighted by Crippen LogP contribution is 2.17. The summed E-state index contributed by atoms with van der Waals surface area (Å²) in [7, 11) is 0. The molecule has 0 aromatic heterocycles. The van der Waals surface area contributed by atoms with Crippen LogP contribution in [0.25, 0.3) is 0 Å². The molecule has 18 heavy (non-hydrogen) atoms. The van der Waals surface area contributed by atoms with Crippen molar-refractivity contribution < 1.29 is 14.7 Å².